The molecule has 1 aliphatic rings. The molecule has 1 saturated heterocycles. The zero-order chi connectivity index (χ0) is 9.68. The SMILES string of the molecule is C=NC(=CC(=C)Br)CN1CCCC1. The Kier molecular flexibility index (Phi) is 4.39. The molecule has 0 aromatic rings. The largest absolute Gasteiger partial charge is 0.298 e. The van der Waals surface area contributed by atoms with Gasteiger partial charge in [-0.1, -0.05) is 22.5 Å². The number of hydrogen-bond donors (Lipinski definition) is 0. The van der Waals surface area contributed by atoms with Gasteiger partial charge in [-0.3, -0.25) is 9.89 Å². The van der Waals surface area contributed by atoms with Gasteiger partial charge < -0.3 is 0 Å². The first-order chi connectivity index (χ1) is 6.22. The van der Waals surface area contributed by atoms with Crippen LogP contribution in [-0.4, -0.2) is 31.3 Å². The normalized spacial score (nSPS) is 19.0. The average Bonchev–Trinajstić information content (AvgIpc) is 2.55. The Morgan fingerprint density at radius 3 is 2.54 bits per heavy atom. The van der Waals surface area contributed by atoms with Crippen molar-refractivity contribution in [2.45, 2.75) is 12.8 Å². The second kappa shape index (κ2) is 5.35. The molecule has 1 aliphatic heterocycles. The van der Waals surface area contributed by atoms with Crippen molar-refractivity contribution >= 4 is 22.6 Å². The molecule has 0 radical (unpaired) electrons. The summed E-state index contributed by atoms with van der Waals surface area (Å²) in [7, 11) is 0. The molecular formula is C10H15BrN2. The molecule has 0 aromatic heterocycles. The molecule has 0 N–H and O–H groups in total. The summed E-state index contributed by atoms with van der Waals surface area (Å²) in [6, 6.07) is 0. The van der Waals surface area contributed by atoms with E-state index >= 15 is 0 Å². The van der Waals surface area contributed by atoms with Crippen LogP contribution in [0.15, 0.2) is 27.8 Å². The van der Waals surface area contributed by atoms with Crippen molar-refractivity contribution in [1.82, 2.24) is 4.90 Å². The highest BCUT2D eigenvalue weighted by Gasteiger charge is 2.12. The molecule has 1 rings (SSSR count). The van der Waals surface area contributed by atoms with E-state index in [0.29, 0.717) is 0 Å². The topological polar surface area (TPSA) is 15.6 Å². The van der Waals surface area contributed by atoms with E-state index in [4.69, 9.17) is 0 Å². The van der Waals surface area contributed by atoms with E-state index in [9.17, 15) is 0 Å². The summed E-state index contributed by atoms with van der Waals surface area (Å²) in [5.41, 5.74) is 0.990. The van der Waals surface area contributed by atoms with Crippen LogP contribution in [0.1, 0.15) is 12.8 Å². The highest BCUT2D eigenvalue weighted by atomic mass is 79.9. The van der Waals surface area contributed by atoms with Gasteiger partial charge in [0.25, 0.3) is 0 Å². The smallest absolute Gasteiger partial charge is 0.0547 e. The van der Waals surface area contributed by atoms with Crippen LogP contribution in [0.25, 0.3) is 0 Å². The standard InChI is InChI=1S/C10H15BrN2/c1-9(11)7-10(12-2)8-13-5-3-4-6-13/h7H,1-6,8H2. The molecule has 0 atom stereocenters. The maximum absolute atomic E-state index is 3.97. The van der Waals surface area contributed by atoms with Gasteiger partial charge in [0.05, 0.1) is 5.70 Å². The maximum Gasteiger partial charge on any atom is 0.0547 e. The van der Waals surface area contributed by atoms with Gasteiger partial charge in [0.2, 0.25) is 0 Å². The fourth-order valence-corrected chi connectivity index (χ4v) is 1.76. The molecular weight excluding hydrogens is 228 g/mol. The minimum Gasteiger partial charge on any atom is -0.298 e. The van der Waals surface area contributed by atoms with Crippen molar-refractivity contribution in [3.05, 3.63) is 22.8 Å². The van der Waals surface area contributed by atoms with Gasteiger partial charge in [-0.25, -0.2) is 0 Å². The fraction of sp³-hybridized carbons (Fsp3) is 0.500. The predicted molar refractivity (Wildman–Crippen MR) is 61.4 cm³/mol. The van der Waals surface area contributed by atoms with Crippen molar-refractivity contribution in [3.63, 3.8) is 0 Å². The van der Waals surface area contributed by atoms with Gasteiger partial charge in [0.15, 0.2) is 0 Å². The molecule has 0 amide bonds. The van der Waals surface area contributed by atoms with Gasteiger partial charge in [-0.15, -0.1) is 0 Å². The summed E-state index contributed by atoms with van der Waals surface area (Å²) < 4.78 is 0.856. The summed E-state index contributed by atoms with van der Waals surface area (Å²) in [6.07, 6.45) is 4.53. The van der Waals surface area contributed by atoms with Gasteiger partial charge in [-0.05, 0) is 38.7 Å². The first-order valence-corrected chi connectivity index (χ1v) is 5.25. The Bertz CT molecular complexity index is 227. The quantitative estimate of drug-likeness (QED) is 0.547. The van der Waals surface area contributed by atoms with Crippen LogP contribution in [0, 0.1) is 0 Å². The van der Waals surface area contributed by atoms with Crippen molar-refractivity contribution < 1.29 is 0 Å². The Labute approximate surface area is 88.2 Å². The lowest BCUT2D eigenvalue weighted by atomic mass is 10.3. The predicted octanol–water partition coefficient (Wildman–Crippen LogP) is 2.58. The number of allylic oxidation sites excluding steroid dienone is 2. The summed E-state index contributed by atoms with van der Waals surface area (Å²) in [6.45, 7) is 10.6. The monoisotopic (exact) mass is 242 g/mol. The van der Waals surface area contributed by atoms with Gasteiger partial charge >= 0.3 is 0 Å². The molecule has 0 spiro atoms. The Morgan fingerprint density at radius 2 is 2.08 bits per heavy atom. The molecule has 72 valence electrons. The number of hydrogen-bond acceptors (Lipinski definition) is 2. The van der Waals surface area contributed by atoms with E-state index in [1.165, 1.54) is 25.9 Å². The minimum absolute atomic E-state index is 0.856. The summed E-state index contributed by atoms with van der Waals surface area (Å²) in [5.74, 6) is 0. The molecule has 0 aromatic carbocycles. The highest BCUT2D eigenvalue weighted by Crippen LogP contribution is 2.13. The van der Waals surface area contributed by atoms with Crippen LogP contribution < -0.4 is 0 Å². The zero-order valence-corrected chi connectivity index (χ0v) is 9.39. The first-order valence-electron chi connectivity index (χ1n) is 4.46. The molecule has 0 unspecified atom stereocenters. The average molecular weight is 243 g/mol. The van der Waals surface area contributed by atoms with Crippen LogP contribution in [0.3, 0.4) is 0 Å². The molecule has 3 heteroatoms. The summed E-state index contributed by atoms with van der Waals surface area (Å²) >= 11 is 3.29. The molecule has 0 saturated carbocycles. The van der Waals surface area contributed by atoms with Crippen LogP contribution in [-0.2, 0) is 0 Å². The third-order valence-corrected chi connectivity index (χ3v) is 2.34. The molecule has 1 fully saturated rings. The van der Waals surface area contributed by atoms with Crippen molar-refractivity contribution in [1.29, 1.82) is 0 Å². The summed E-state index contributed by atoms with van der Waals surface area (Å²) in [4.78, 5) is 6.36. The van der Waals surface area contributed by atoms with E-state index in [2.05, 4.69) is 39.1 Å². The lowest BCUT2D eigenvalue weighted by Crippen LogP contribution is -2.21. The van der Waals surface area contributed by atoms with Crippen molar-refractivity contribution in [3.8, 4) is 0 Å². The van der Waals surface area contributed by atoms with E-state index in [0.717, 1.165) is 16.7 Å². The second-order valence-corrected chi connectivity index (χ2v) is 4.24. The lowest BCUT2D eigenvalue weighted by Gasteiger charge is -2.14. The minimum atomic E-state index is 0.856. The molecule has 0 bridgehead atoms. The highest BCUT2D eigenvalue weighted by molar-refractivity contribution is 9.11. The van der Waals surface area contributed by atoms with Crippen molar-refractivity contribution in [2.75, 3.05) is 19.6 Å². The third kappa shape index (κ3) is 3.87. The van der Waals surface area contributed by atoms with E-state index < -0.39 is 0 Å². The van der Waals surface area contributed by atoms with Gasteiger partial charge in [0, 0.05) is 11.0 Å². The van der Waals surface area contributed by atoms with E-state index in [-0.39, 0.29) is 0 Å². The number of halogens is 1. The van der Waals surface area contributed by atoms with Crippen LogP contribution in [0.2, 0.25) is 0 Å². The molecule has 13 heavy (non-hydrogen) atoms. The lowest BCUT2D eigenvalue weighted by molar-refractivity contribution is 0.367. The number of nitrogens with zero attached hydrogens (tertiary/aromatic N) is 2. The van der Waals surface area contributed by atoms with Gasteiger partial charge in [-0.2, -0.15) is 0 Å². The maximum atomic E-state index is 3.97. The zero-order valence-electron chi connectivity index (χ0n) is 7.80. The molecule has 2 nitrogen and oxygen atoms in total. The van der Waals surface area contributed by atoms with Gasteiger partial charge in [0.1, 0.15) is 0 Å². The number of rotatable bonds is 4. The van der Waals surface area contributed by atoms with Crippen LogP contribution in [0.5, 0.6) is 0 Å². The number of likely N-dealkylation sites (tertiary alicyclic amines) is 1. The third-order valence-electron chi connectivity index (χ3n) is 2.11. The molecule has 0 aliphatic carbocycles. The van der Waals surface area contributed by atoms with E-state index in [1.807, 2.05) is 6.08 Å². The Hall–Kier alpha value is -0.410. The first kappa shape index (κ1) is 10.7. The van der Waals surface area contributed by atoms with Crippen LogP contribution >= 0.6 is 15.9 Å². The second-order valence-electron chi connectivity index (χ2n) is 3.22. The Morgan fingerprint density at radius 1 is 1.46 bits per heavy atom. The fourth-order valence-electron chi connectivity index (χ4n) is 1.49. The number of aliphatic imine (C=N–C) groups is 1. The van der Waals surface area contributed by atoms with E-state index in [1.54, 1.807) is 0 Å². The summed E-state index contributed by atoms with van der Waals surface area (Å²) in [5, 5.41) is 0. The van der Waals surface area contributed by atoms with Crippen molar-refractivity contribution in [2.24, 2.45) is 4.99 Å². The molecule has 1 heterocycles. The Balaban J connectivity index is 2.47. The van der Waals surface area contributed by atoms with Crippen LogP contribution in [0.4, 0.5) is 0 Å².